The fourth-order valence-electron chi connectivity index (χ4n) is 11.0. The van der Waals surface area contributed by atoms with E-state index in [0.717, 1.165) is 37.9 Å². The monoisotopic (exact) mass is 765 g/mol. The molecule has 59 heavy (non-hydrogen) atoms. The molecule has 1 spiro atoms. The van der Waals surface area contributed by atoms with Crippen molar-refractivity contribution in [3.8, 4) is 39.5 Å². The Kier molecular flexibility index (Phi) is 6.10. The van der Waals surface area contributed by atoms with Gasteiger partial charge in [0, 0.05) is 26.4 Å². The molecule has 9 aromatic carbocycles. The van der Waals surface area contributed by atoms with Crippen molar-refractivity contribution in [1.29, 1.82) is 0 Å². The van der Waals surface area contributed by atoms with E-state index >= 15 is 0 Å². The van der Waals surface area contributed by atoms with Gasteiger partial charge in [-0.3, -0.25) is 4.57 Å². The van der Waals surface area contributed by atoms with Crippen LogP contribution in [0.3, 0.4) is 0 Å². The molecule has 0 unspecified atom stereocenters. The molecule has 0 atom stereocenters. The Balaban J connectivity index is 1.20. The van der Waals surface area contributed by atoms with Gasteiger partial charge in [0.15, 0.2) is 0 Å². The number of benzene rings is 9. The van der Waals surface area contributed by atoms with E-state index < -0.39 is 5.41 Å². The zero-order valence-corrected chi connectivity index (χ0v) is 32.5. The summed E-state index contributed by atoms with van der Waals surface area (Å²) in [5.74, 6) is 0.681. The van der Waals surface area contributed by atoms with Gasteiger partial charge in [-0.15, -0.1) is 11.3 Å². The van der Waals surface area contributed by atoms with Gasteiger partial charge < -0.3 is 0 Å². The molecule has 0 radical (unpaired) electrons. The van der Waals surface area contributed by atoms with Gasteiger partial charge in [0.2, 0.25) is 5.95 Å². The summed E-state index contributed by atoms with van der Waals surface area (Å²) in [7, 11) is 0. The summed E-state index contributed by atoms with van der Waals surface area (Å²) >= 11 is 1.78. The molecule has 2 aliphatic rings. The van der Waals surface area contributed by atoms with E-state index in [0.29, 0.717) is 5.95 Å². The second-order valence-corrected chi connectivity index (χ2v) is 17.0. The molecule has 2 aliphatic carbocycles. The number of fused-ring (bicyclic) bond motifs is 11. The lowest BCUT2D eigenvalue weighted by Gasteiger charge is -2.38. The van der Waals surface area contributed by atoms with Crippen LogP contribution in [-0.2, 0) is 5.41 Å². The van der Waals surface area contributed by atoms with E-state index in [1.807, 2.05) is 0 Å². The van der Waals surface area contributed by atoms with Gasteiger partial charge in [-0.1, -0.05) is 170 Å². The maximum absolute atomic E-state index is 5.71. The topological polar surface area (TPSA) is 30.7 Å². The van der Waals surface area contributed by atoms with Gasteiger partial charge in [0.05, 0.1) is 32.4 Å². The van der Waals surface area contributed by atoms with Crippen LogP contribution in [0.25, 0.3) is 103 Å². The Morgan fingerprint density at radius 2 is 1.03 bits per heavy atom. The van der Waals surface area contributed by atoms with E-state index in [1.54, 1.807) is 11.3 Å². The Bertz CT molecular complexity index is 3750. The maximum Gasteiger partial charge on any atom is 0.235 e. The minimum Gasteiger partial charge on any atom is -0.278 e. The highest BCUT2D eigenvalue weighted by atomic mass is 32.1. The fraction of sp³-hybridized carbons (Fsp3) is 0.0182. The van der Waals surface area contributed by atoms with Crippen LogP contribution in [0.2, 0.25) is 0 Å². The maximum atomic E-state index is 5.71. The number of thiophene rings is 1. The Labute approximate surface area is 343 Å². The largest absolute Gasteiger partial charge is 0.278 e. The lowest BCUT2D eigenvalue weighted by atomic mass is 9.63. The number of aromatic nitrogens is 3. The van der Waals surface area contributed by atoms with Gasteiger partial charge in [-0.2, -0.15) is 0 Å². The predicted molar refractivity (Wildman–Crippen MR) is 246 cm³/mol. The molecule has 0 bridgehead atoms. The van der Waals surface area contributed by atoms with Gasteiger partial charge in [0.25, 0.3) is 0 Å². The van der Waals surface area contributed by atoms with Crippen molar-refractivity contribution >= 4 is 75.0 Å². The minimum atomic E-state index is -0.518. The first-order chi connectivity index (χ1) is 29.3. The molecule has 0 amide bonds. The smallest absolute Gasteiger partial charge is 0.235 e. The second kappa shape index (κ2) is 11.4. The van der Waals surface area contributed by atoms with Gasteiger partial charge in [0.1, 0.15) is 0 Å². The van der Waals surface area contributed by atoms with Gasteiger partial charge >= 0.3 is 0 Å². The van der Waals surface area contributed by atoms with E-state index in [9.17, 15) is 0 Å². The molecule has 0 aliphatic heterocycles. The summed E-state index contributed by atoms with van der Waals surface area (Å²) in [5, 5.41) is 8.62. The molecular weight excluding hydrogens is 735 g/mol. The highest BCUT2D eigenvalue weighted by Gasteiger charge is 2.50. The molecule has 0 fully saturated rings. The van der Waals surface area contributed by atoms with E-state index in [4.69, 9.17) is 9.97 Å². The fourth-order valence-corrected chi connectivity index (χ4v) is 12.1. The van der Waals surface area contributed by atoms with Crippen molar-refractivity contribution < 1.29 is 0 Å². The lowest BCUT2D eigenvalue weighted by Crippen LogP contribution is -2.30. The lowest BCUT2D eigenvalue weighted by molar-refractivity contribution is 0.783. The van der Waals surface area contributed by atoms with Gasteiger partial charge in [-0.25, -0.2) is 9.97 Å². The molecule has 0 N–H and O–H groups in total. The summed E-state index contributed by atoms with van der Waals surface area (Å²) in [5.41, 5.74) is 15.1. The third-order valence-corrected chi connectivity index (χ3v) is 14.4. The molecule has 0 saturated carbocycles. The Morgan fingerprint density at radius 1 is 0.424 bits per heavy atom. The molecule has 14 rings (SSSR count). The van der Waals surface area contributed by atoms with Crippen molar-refractivity contribution in [3.63, 3.8) is 0 Å². The molecule has 3 nitrogen and oxygen atoms in total. The van der Waals surface area contributed by atoms with Crippen LogP contribution in [0, 0.1) is 0 Å². The average molecular weight is 766 g/mol. The first-order valence-corrected chi connectivity index (χ1v) is 21.1. The molecule has 0 saturated heterocycles. The highest BCUT2D eigenvalue weighted by molar-refractivity contribution is 7.26. The van der Waals surface area contributed by atoms with E-state index in [2.05, 4.69) is 193 Å². The molecular formula is C55H31N3S. The van der Waals surface area contributed by atoms with E-state index in [-0.39, 0.29) is 0 Å². The summed E-state index contributed by atoms with van der Waals surface area (Å²) < 4.78 is 4.69. The summed E-state index contributed by atoms with van der Waals surface area (Å²) in [6, 6.07) is 69.3. The van der Waals surface area contributed by atoms with Crippen LogP contribution in [0.15, 0.2) is 188 Å². The van der Waals surface area contributed by atoms with Crippen molar-refractivity contribution in [2.24, 2.45) is 0 Å². The standard InChI is InChI=1S/C55H31N3S/c1-2-15-33(16-3-1)40-31-46-50-48-37(40)23-13-27-43(48)55(41-25-9-6-20-35(41)36-21-7-10-26-42(36)55)44-28-14-29-45(49(44)50)58(46)54-56-51(38-24-12-18-32-17-4-5-19-34(32)38)53-52(57-54)39-22-8-11-30-47(39)59-53/h1-31H. The van der Waals surface area contributed by atoms with Crippen LogP contribution in [0.5, 0.6) is 0 Å². The molecule has 12 aromatic rings. The van der Waals surface area contributed by atoms with Crippen LogP contribution in [-0.4, -0.2) is 14.5 Å². The first kappa shape index (κ1) is 31.7. The number of hydrogen-bond donors (Lipinski definition) is 0. The highest BCUT2D eigenvalue weighted by Crippen LogP contribution is 2.62. The third-order valence-electron chi connectivity index (χ3n) is 13.2. The quantitative estimate of drug-likeness (QED) is 0.179. The Hall–Kier alpha value is -7.40. The number of rotatable bonds is 3. The Morgan fingerprint density at radius 3 is 1.86 bits per heavy atom. The third kappa shape index (κ3) is 3.92. The summed E-state index contributed by atoms with van der Waals surface area (Å²) in [6.07, 6.45) is 0. The summed E-state index contributed by atoms with van der Waals surface area (Å²) in [4.78, 5) is 11.3. The van der Waals surface area contributed by atoms with Crippen molar-refractivity contribution in [1.82, 2.24) is 14.5 Å². The predicted octanol–water partition coefficient (Wildman–Crippen LogP) is 14.3. The average Bonchev–Trinajstić information content (AvgIpc) is 3.95. The molecule has 4 heteroatoms. The van der Waals surface area contributed by atoms with Crippen molar-refractivity contribution in [2.75, 3.05) is 0 Å². The van der Waals surface area contributed by atoms with Crippen molar-refractivity contribution in [3.05, 3.63) is 210 Å². The molecule has 3 aromatic heterocycles. The van der Waals surface area contributed by atoms with E-state index in [1.165, 1.54) is 81.5 Å². The SMILES string of the molecule is c1ccc(-c2cc3c4c5c(cccc25)C2(c5ccccc5-c5ccccc52)c2cccc(c24)n3-c2nc(-c3cccc4ccccc34)c3sc4ccccc4c3n2)cc1. The first-order valence-electron chi connectivity index (χ1n) is 20.3. The van der Waals surface area contributed by atoms with Crippen LogP contribution in [0.4, 0.5) is 0 Å². The van der Waals surface area contributed by atoms with Gasteiger partial charge in [-0.05, 0) is 84.3 Å². The van der Waals surface area contributed by atoms with Crippen LogP contribution >= 0.6 is 11.3 Å². The van der Waals surface area contributed by atoms with Crippen LogP contribution in [0.1, 0.15) is 22.3 Å². The molecule has 272 valence electrons. The van der Waals surface area contributed by atoms with Crippen molar-refractivity contribution in [2.45, 2.75) is 5.41 Å². The summed E-state index contributed by atoms with van der Waals surface area (Å²) in [6.45, 7) is 0. The number of nitrogens with zero attached hydrogens (tertiary/aromatic N) is 3. The zero-order valence-electron chi connectivity index (χ0n) is 31.6. The molecule has 3 heterocycles. The minimum absolute atomic E-state index is 0.518. The number of hydrogen-bond acceptors (Lipinski definition) is 3. The second-order valence-electron chi connectivity index (χ2n) is 16.0. The normalized spacial score (nSPS) is 13.6. The van der Waals surface area contributed by atoms with Crippen LogP contribution < -0.4 is 0 Å². The zero-order chi connectivity index (χ0) is 38.4.